The molecule has 0 aromatic heterocycles. The Morgan fingerprint density at radius 2 is 1.72 bits per heavy atom. The van der Waals surface area contributed by atoms with Gasteiger partial charge in [-0.3, -0.25) is 4.99 Å². The number of nitrogens with zero attached hydrogens (tertiary/aromatic N) is 1. The van der Waals surface area contributed by atoms with E-state index in [1.807, 2.05) is 74.5 Å². The molecule has 4 rings (SSSR count). The summed E-state index contributed by atoms with van der Waals surface area (Å²) in [5.74, 6) is -0.325. The Labute approximate surface area is 171 Å². The minimum Gasteiger partial charge on any atom is -0.404 e. The van der Waals surface area contributed by atoms with E-state index in [4.69, 9.17) is 9.31 Å². The Morgan fingerprint density at radius 3 is 2.45 bits per heavy atom. The zero-order valence-electron chi connectivity index (χ0n) is 16.6. The van der Waals surface area contributed by atoms with Crippen LogP contribution in [0.15, 0.2) is 83.9 Å². The van der Waals surface area contributed by atoms with E-state index < -0.39 is 12.7 Å². The predicted octanol–water partition coefficient (Wildman–Crippen LogP) is 4.66. The minimum absolute atomic E-state index is 0.00546. The van der Waals surface area contributed by atoms with Crippen molar-refractivity contribution in [2.24, 2.45) is 4.99 Å². The fraction of sp³-hybridized carbons (Fsp3) is 0.208. The molecule has 0 aliphatic carbocycles. The van der Waals surface area contributed by atoms with Crippen LogP contribution in [-0.2, 0) is 14.9 Å². The highest BCUT2D eigenvalue weighted by atomic mass is 19.1. The molecule has 0 saturated carbocycles. The van der Waals surface area contributed by atoms with Gasteiger partial charge in [0.15, 0.2) is 0 Å². The summed E-state index contributed by atoms with van der Waals surface area (Å²) in [4.78, 5) is 4.66. The SMILES string of the molecule is C[C@H](N=Cc1ccc(F)cc1B1OC[C@@](C)(c2ccccc2)O1)c1ccccc1. The van der Waals surface area contributed by atoms with Crippen molar-refractivity contribution in [3.05, 3.63) is 101 Å². The lowest BCUT2D eigenvalue weighted by molar-refractivity contribution is 0.114. The third-order valence-electron chi connectivity index (χ3n) is 5.28. The lowest BCUT2D eigenvalue weighted by atomic mass is 9.76. The summed E-state index contributed by atoms with van der Waals surface area (Å²) in [5, 5.41) is 0. The fourth-order valence-corrected chi connectivity index (χ4v) is 3.51. The van der Waals surface area contributed by atoms with E-state index in [2.05, 4.69) is 4.99 Å². The van der Waals surface area contributed by atoms with Crippen LogP contribution in [-0.4, -0.2) is 19.9 Å². The third-order valence-corrected chi connectivity index (χ3v) is 5.28. The van der Waals surface area contributed by atoms with Gasteiger partial charge in [-0.25, -0.2) is 4.39 Å². The number of halogens is 1. The second-order valence-corrected chi connectivity index (χ2v) is 7.50. The molecule has 0 bridgehead atoms. The molecule has 0 amide bonds. The number of benzene rings is 3. The topological polar surface area (TPSA) is 30.8 Å². The molecular formula is C24H23BFNO2. The smallest absolute Gasteiger partial charge is 0.404 e. The third kappa shape index (κ3) is 4.31. The lowest BCUT2D eigenvalue weighted by Crippen LogP contribution is -2.37. The van der Waals surface area contributed by atoms with Gasteiger partial charge in [-0.1, -0.05) is 66.7 Å². The first kappa shape index (κ1) is 19.6. The van der Waals surface area contributed by atoms with Gasteiger partial charge in [0, 0.05) is 6.21 Å². The van der Waals surface area contributed by atoms with E-state index in [1.54, 1.807) is 12.3 Å². The van der Waals surface area contributed by atoms with Crippen LogP contribution in [0, 0.1) is 5.82 Å². The molecule has 3 aromatic rings. The molecule has 1 saturated heterocycles. The highest BCUT2D eigenvalue weighted by Crippen LogP contribution is 2.31. The summed E-state index contributed by atoms with van der Waals surface area (Å²) < 4.78 is 26.2. The summed E-state index contributed by atoms with van der Waals surface area (Å²) in [6.45, 7) is 4.42. The molecule has 1 fully saturated rings. The standard InChI is InChI=1S/C24H23BFNO2/c1-18(19-9-5-3-6-10-19)27-16-20-13-14-22(26)15-23(20)25-28-17-24(2,29-25)21-11-7-4-8-12-21/h3-16,18H,17H2,1-2H3/t18-,24-/m0/s1. The summed E-state index contributed by atoms with van der Waals surface area (Å²) in [5.41, 5.74) is 3.01. The molecule has 1 aliphatic rings. The zero-order chi connectivity index (χ0) is 20.3. The number of hydrogen-bond donors (Lipinski definition) is 0. The van der Waals surface area contributed by atoms with Gasteiger partial charge in [0.05, 0.1) is 18.2 Å². The average molecular weight is 387 g/mol. The van der Waals surface area contributed by atoms with E-state index in [1.165, 1.54) is 12.1 Å². The van der Waals surface area contributed by atoms with E-state index in [9.17, 15) is 4.39 Å². The van der Waals surface area contributed by atoms with Crippen molar-refractivity contribution in [2.45, 2.75) is 25.5 Å². The van der Waals surface area contributed by atoms with E-state index in [0.29, 0.717) is 12.1 Å². The Balaban J connectivity index is 1.59. The Hall–Kier alpha value is -2.76. The van der Waals surface area contributed by atoms with Crippen molar-refractivity contribution in [2.75, 3.05) is 6.61 Å². The normalized spacial score (nSPS) is 20.3. The number of aliphatic imine (C=N–C) groups is 1. The first-order valence-electron chi connectivity index (χ1n) is 9.78. The van der Waals surface area contributed by atoms with E-state index in [0.717, 1.165) is 16.7 Å². The van der Waals surface area contributed by atoms with Crippen molar-refractivity contribution in [1.82, 2.24) is 0 Å². The number of hydrogen-bond acceptors (Lipinski definition) is 3. The summed E-state index contributed by atoms with van der Waals surface area (Å²) >= 11 is 0. The molecule has 29 heavy (non-hydrogen) atoms. The van der Waals surface area contributed by atoms with Gasteiger partial charge >= 0.3 is 7.12 Å². The van der Waals surface area contributed by atoms with Gasteiger partial charge in [-0.15, -0.1) is 0 Å². The molecule has 0 unspecified atom stereocenters. The van der Waals surface area contributed by atoms with Gasteiger partial charge in [-0.2, -0.15) is 0 Å². The van der Waals surface area contributed by atoms with Crippen LogP contribution < -0.4 is 5.46 Å². The lowest BCUT2D eigenvalue weighted by Gasteiger charge is -2.23. The largest absolute Gasteiger partial charge is 0.495 e. The van der Waals surface area contributed by atoms with Gasteiger partial charge in [0.2, 0.25) is 0 Å². The van der Waals surface area contributed by atoms with Crippen LogP contribution in [0.2, 0.25) is 0 Å². The summed E-state index contributed by atoms with van der Waals surface area (Å²) in [7, 11) is -0.649. The highest BCUT2D eigenvalue weighted by Gasteiger charge is 2.43. The van der Waals surface area contributed by atoms with E-state index in [-0.39, 0.29) is 11.9 Å². The molecule has 2 atom stereocenters. The molecule has 0 spiro atoms. The van der Waals surface area contributed by atoms with Crippen LogP contribution in [0.25, 0.3) is 0 Å². The highest BCUT2D eigenvalue weighted by molar-refractivity contribution is 6.63. The van der Waals surface area contributed by atoms with Crippen LogP contribution in [0.3, 0.4) is 0 Å². The first-order chi connectivity index (χ1) is 14.0. The maximum Gasteiger partial charge on any atom is 0.495 e. The molecule has 3 aromatic carbocycles. The van der Waals surface area contributed by atoms with Crippen molar-refractivity contribution < 1.29 is 13.7 Å². The van der Waals surface area contributed by atoms with Crippen molar-refractivity contribution >= 4 is 18.8 Å². The molecule has 3 nitrogen and oxygen atoms in total. The molecule has 146 valence electrons. The van der Waals surface area contributed by atoms with Gasteiger partial charge < -0.3 is 9.31 Å². The van der Waals surface area contributed by atoms with Crippen LogP contribution in [0.5, 0.6) is 0 Å². The quantitative estimate of drug-likeness (QED) is 0.471. The summed E-state index contributed by atoms with van der Waals surface area (Å²) in [6.07, 6.45) is 1.78. The van der Waals surface area contributed by atoms with Gasteiger partial charge in [0.1, 0.15) is 5.82 Å². The van der Waals surface area contributed by atoms with Crippen LogP contribution in [0.4, 0.5) is 4.39 Å². The van der Waals surface area contributed by atoms with Crippen LogP contribution >= 0.6 is 0 Å². The Bertz CT molecular complexity index is 996. The zero-order valence-corrected chi connectivity index (χ0v) is 16.6. The van der Waals surface area contributed by atoms with Crippen LogP contribution in [0.1, 0.15) is 36.6 Å². The molecule has 1 heterocycles. The monoisotopic (exact) mass is 387 g/mol. The van der Waals surface area contributed by atoms with E-state index >= 15 is 0 Å². The molecule has 5 heteroatoms. The minimum atomic E-state index is -0.649. The Kier molecular flexibility index (Phi) is 5.61. The van der Waals surface area contributed by atoms with Gasteiger partial charge in [0.25, 0.3) is 0 Å². The first-order valence-corrected chi connectivity index (χ1v) is 9.78. The molecule has 0 N–H and O–H groups in total. The van der Waals surface area contributed by atoms with Gasteiger partial charge in [-0.05, 0) is 48.1 Å². The Morgan fingerprint density at radius 1 is 1.03 bits per heavy atom. The average Bonchev–Trinajstić information content (AvgIpc) is 3.17. The molecule has 1 aliphatic heterocycles. The maximum atomic E-state index is 14.0. The second kappa shape index (κ2) is 8.32. The fourth-order valence-electron chi connectivity index (χ4n) is 3.51. The van der Waals surface area contributed by atoms with Crippen molar-refractivity contribution in [3.8, 4) is 0 Å². The summed E-state index contributed by atoms with van der Waals surface area (Å²) in [6, 6.07) is 24.6. The molecule has 0 radical (unpaired) electrons. The second-order valence-electron chi connectivity index (χ2n) is 7.50. The molecular weight excluding hydrogens is 364 g/mol. The number of rotatable bonds is 5. The van der Waals surface area contributed by atoms with Crippen molar-refractivity contribution in [3.63, 3.8) is 0 Å². The predicted molar refractivity (Wildman–Crippen MR) is 115 cm³/mol. The maximum absolute atomic E-state index is 14.0. The van der Waals surface area contributed by atoms with Crippen molar-refractivity contribution in [1.29, 1.82) is 0 Å².